The highest BCUT2D eigenvalue weighted by Crippen LogP contribution is 2.37. The van der Waals surface area contributed by atoms with Gasteiger partial charge in [0.1, 0.15) is 0 Å². The number of carbonyl (C=O) groups is 1. The molecule has 0 aliphatic carbocycles. The van der Waals surface area contributed by atoms with Crippen molar-refractivity contribution in [3.8, 4) is 11.5 Å². The molecule has 1 aromatic heterocycles. The Hall–Kier alpha value is -2.73. The summed E-state index contributed by atoms with van der Waals surface area (Å²) in [5, 5.41) is 0.566. The molecule has 2 heterocycles. The number of hydrogen-bond donors (Lipinski definition) is 0. The molecular weight excluding hydrogens is 536 g/mol. The van der Waals surface area contributed by atoms with Crippen molar-refractivity contribution in [2.24, 2.45) is 5.92 Å². The summed E-state index contributed by atoms with van der Waals surface area (Å²) in [5.41, 5.74) is 1.13. The first-order valence-corrected chi connectivity index (χ1v) is 15.6. The van der Waals surface area contributed by atoms with Crippen LogP contribution in [0, 0.1) is 5.92 Å². The molecule has 1 unspecified atom stereocenters. The molecule has 0 saturated carbocycles. The lowest BCUT2D eigenvalue weighted by Crippen LogP contribution is -2.39. The lowest BCUT2D eigenvalue weighted by molar-refractivity contribution is 0.0983. The van der Waals surface area contributed by atoms with E-state index in [1.54, 1.807) is 47.7 Å². The van der Waals surface area contributed by atoms with Crippen LogP contribution in [0.4, 0.5) is 5.13 Å². The second-order valence-corrected chi connectivity index (χ2v) is 12.7. The van der Waals surface area contributed by atoms with Crippen molar-refractivity contribution in [2.45, 2.75) is 38.5 Å². The number of nitrogens with zero attached hydrogens (tertiary/aromatic N) is 4. The largest absolute Gasteiger partial charge is 0.493 e. The van der Waals surface area contributed by atoms with Crippen LogP contribution in [-0.2, 0) is 10.0 Å². The molecule has 1 aliphatic rings. The standard InChI is InChI=1S/C28H38N4O5S2/c1-6-30(7-2)15-16-32(28-29-23-17-24(36-4)25(37-5)18-26(23)38-28)27(33)21-10-12-22(13-11-21)39(34,35)31-14-8-9-20(3)19-31/h10-13,17-18,20H,6-9,14-16,19H2,1-5H3. The van der Waals surface area contributed by atoms with Gasteiger partial charge in [0.25, 0.3) is 5.91 Å². The van der Waals surface area contributed by atoms with Gasteiger partial charge >= 0.3 is 0 Å². The highest BCUT2D eigenvalue weighted by molar-refractivity contribution is 7.89. The Bertz CT molecular complexity index is 1350. The third-order valence-corrected chi connectivity index (χ3v) is 10.2. The van der Waals surface area contributed by atoms with Gasteiger partial charge in [-0.3, -0.25) is 9.69 Å². The van der Waals surface area contributed by atoms with Crippen LogP contribution in [-0.4, -0.2) is 82.0 Å². The summed E-state index contributed by atoms with van der Waals surface area (Å²) in [5.74, 6) is 1.28. The third-order valence-electron chi connectivity index (χ3n) is 7.25. The second kappa shape index (κ2) is 12.6. The molecule has 1 amide bonds. The Balaban J connectivity index is 1.64. The zero-order valence-electron chi connectivity index (χ0n) is 23.3. The van der Waals surface area contributed by atoms with Gasteiger partial charge in [-0.2, -0.15) is 4.31 Å². The minimum Gasteiger partial charge on any atom is -0.493 e. The van der Waals surface area contributed by atoms with Crippen LogP contribution in [0.2, 0.25) is 0 Å². The number of rotatable bonds is 11. The first-order chi connectivity index (χ1) is 18.7. The highest BCUT2D eigenvalue weighted by Gasteiger charge is 2.29. The van der Waals surface area contributed by atoms with E-state index in [2.05, 4.69) is 25.7 Å². The van der Waals surface area contributed by atoms with Crippen LogP contribution in [0.15, 0.2) is 41.3 Å². The van der Waals surface area contributed by atoms with Gasteiger partial charge in [-0.1, -0.05) is 32.1 Å². The predicted molar refractivity (Wildman–Crippen MR) is 156 cm³/mol. The Labute approximate surface area is 235 Å². The molecule has 9 nitrogen and oxygen atoms in total. The average Bonchev–Trinajstić information content (AvgIpc) is 3.36. The molecule has 1 aliphatic heterocycles. The zero-order valence-corrected chi connectivity index (χ0v) is 25.0. The molecule has 1 atom stereocenters. The van der Waals surface area contributed by atoms with Gasteiger partial charge in [0.2, 0.25) is 10.0 Å². The van der Waals surface area contributed by atoms with Crippen LogP contribution >= 0.6 is 11.3 Å². The van der Waals surface area contributed by atoms with Gasteiger partial charge in [-0.05, 0) is 56.1 Å². The second-order valence-electron chi connectivity index (χ2n) is 9.79. The number of sulfonamides is 1. The molecule has 212 valence electrons. The molecule has 0 N–H and O–H groups in total. The first kappa shape index (κ1) is 29.3. The maximum absolute atomic E-state index is 13.8. The summed E-state index contributed by atoms with van der Waals surface area (Å²) in [6.45, 7) is 10.2. The van der Waals surface area contributed by atoms with E-state index >= 15 is 0 Å². The van der Waals surface area contributed by atoms with E-state index in [4.69, 9.17) is 14.5 Å². The normalized spacial score (nSPS) is 16.5. The Morgan fingerprint density at radius 1 is 1.08 bits per heavy atom. The number of fused-ring (bicyclic) bond motifs is 1. The number of likely N-dealkylation sites (N-methyl/N-ethyl adjacent to an activating group) is 1. The summed E-state index contributed by atoms with van der Waals surface area (Å²) in [6.07, 6.45) is 1.90. The van der Waals surface area contributed by atoms with Crippen molar-refractivity contribution in [3.05, 3.63) is 42.0 Å². The summed E-state index contributed by atoms with van der Waals surface area (Å²) < 4.78 is 39.7. The number of hydrogen-bond acceptors (Lipinski definition) is 8. The van der Waals surface area contributed by atoms with E-state index in [0.29, 0.717) is 59.8 Å². The number of amides is 1. The lowest BCUT2D eigenvalue weighted by atomic mass is 10.0. The summed E-state index contributed by atoms with van der Waals surface area (Å²) in [6, 6.07) is 9.96. The van der Waals surface area contributed by atoms with Gasteiger partial charge in [-0.15, -0.1) is 0 Å². The lowest BCUT2D eigenvalue weighted by Gasteiger charge is -2.30. The Kier molecular flexibility index (Phi) is 9.47. The van der Waals surface area contributed by atoms with Gasteiger partial charge in [0.15, 0.2) is 16.6 Å². The number of methoxy groups -OCH3 is 2. The SMILES string of the molecule is CCN(CC)CCN(C(=O)c1ccc(S(=O)(=O)N2CCCC(C)C2)cc1)c1nc2cc(OC)c(OC)cc2s1. The summed E-state index contributed by atoms with van der Waals surface area (Å²) in [4.78, 5) is 22.7. The molecule has 0 radical (unpaired) electrons. The first-order valence-electron chi connectivity index (χ1n) is 13.4. The molecular formula is C28H38N4O5S2. The number of thiazole rings is 1. The molecule has 1 fully saturated rings. The van der Waals surface area contributed by atoms with Crippen molar-refractivity contribution < 1.29 is 22.7 Å². The van der Waals surface area contributed by atoms with Crippen LogP contribution in [0.25, 0.3) is 10.2 Å². The van der Waals surface area contributed by atoms with Crippen molar-refractivity contribution >= 4 is 42.6 Å². The minimum atomic E-state index is -3.60. The molecule has 0 bridgehead atoms. The predicted octanol–water partition coefficient (Wildman–Crippen LogP) is 4.72. The smallest absolute Gasteiger partial charge is 0.260 e. The Morgan fingerprint density at radius 3 is 2.36 bits per heavy atom. The van der Waals surface area contributed by atoms with Gasteiger partial charge in [0, 0.05) is 43.9 Å². The topological polar surface area (TPSA) is 92.3 Å². The van der Waals surface area contributed by atoms with E-state index in [9.17, 15) is 13.2 Å². The van der Waals surface area contributed by atoms with E-state index in [1.807, 2.05) is 12.1 Å². The third kappa shape index (κ3) is 6.37. The number of benzene rings is 2. The number of carbonyl (C=O) groups excluding carboxylic acids is 1. The molecule has 1 saturated heterocycles. The monoisotopic (exact) mass is 574 g/mol. The van der Waals surface area contributed by atoms with E-state index < -0.39 is 10.0 Å². The molecule has 2 aromatic carbocycles. The highest BCUT2D eigenvalue weighted by atomic mass is 32.2. The van der Waals surface area contributed by atoms with Crippen molar-refractivity contribution in [2.75, 3.05) is 58.4 Å². The quantitative estimate of drug-likeness (QED) is 0.327. The number of piperidine rings is 1. The van der Waals surface area contributed by atoms with Crippen LogP contribution in [0.5, 0.6) is 11.5 Å². The maximum Gasteiger partial charge on any atom is 0.260 e. The van der Waals surface area contributed by atoms with E-state index in [0.717, 1.165) is 30.6 Å². The zero-order chi connectivity index (χ0) is 28.2. The van der Waals surface area contributed by atoms with E-state index in [-0.39, 0.29) is 10.8 Å². The van der Waals surface area contributed by atoms with Crippen LogP contribution in [0.1, 0.15) is 44.0 Å². The Morgan fingerprint density at radius 2 is 1.74 bits per heavy atom. The van der Waals surface area contributed by atoms with Crippen molar-refractivity contribution in [1.82, 2.24) is 14.2 Å². The number of anilines is 1. The van der Waals surface area contributed by atoms with Crippen molar-refractivity contribution in [3.63, 3.8) is 0 Å². The maximum atomic E-state index is 13.8. The molecule has 11 heteroatoms. The fraction of sp³-hybridized carbons (Fsp3) is 0.500. The molecule has 39 heavy (non-hydrogen) atoms. The number of aromatic nitrogens is 1. The minimum absolute atomic E-state index is 0.210. The average molecular weight is 575 g/mol. The molecule has 4 rings (SSSR count). The van der Waals surface area contributed by atoms with Crippen molar-refractivity contribution in [1.29, 1.82) is 0 Å². The number of ether oxygens (including phenoxy) is 2. The fourth-order valence-electron chi connectivity index (χ4n) is 4.86. The fourth-order valence-corrected chi connectivity index (χ4v) is 7.46. The van der Waals surface area contributed by atoms with E-state index in [1.165, 1.54) is 11.3 Å². The summed E-state index contributed by atoms with van der Waals surface area (Å²) in [7, 11) is -0.440. The summed E-state index contributed by atoms with van der Waals surface area (Å²) >= 11 is 1.41. The van der Waals surface area contributed by atoms with Crippen LogP contribution < -0.4 is 14.4 Å². The molecule has 3 aromatic rings. The molecule has 0 spiro atoms. The van der Waals surface area contributed by atoms with Gasteiger partial charge in [-0.25, -0.2) is 13.4 Å². The van der Waals surface area contributed by atoms with Gasteiger partial charge in [0.05, 0.1) is 29.3 Å². The van der Waals surface area contributed by atoms with Gasteiger partial charge < -0.3 is 14.4 Å². The van der Waals surface area contributed by atoms with Crippen LogP contribution in [0.3, 0.4) is 0 Å².